The molecular formula is C21H23BrN4O3S. The Kier molecular flexibility index (Phi) is 5.44. The van der Waals surface area contributed by atoms with Crippen LogP contribution in [0.5, 0.6) is 0 Å². The maximum Gasteiger partial charge on any atom is 0.267 e. The molecule has 1 N–H and O–H groups in total. The SMILES string of the molecule is Cc1cc(S(C)(=O)=O)ccc1Nc1ncc2c(C)c(Br)c(=O)n(C3CCCC3)c2n1. The van der Waals surface area contributed by atoms with Crippen molar-refractivity contribution in [3.8, 4) is 0 Å². The molecule has 0 unspecified atom stereocenters. The molecule has 1 saturated carbocycles. The van der Waals surface area contributed by atoms with E-state index in [0.29, 0.717) is 21.8 Å². The molecule has 0 spiro atoms. The lowest BCUT2D eigenvalue weighted by molar-refractivity contribution is 0.514. The molecule has 4 rings (SSSR count). The molecule has 2 aromatic heterocycles. The van der Waals surface area contributed by atoms with Crippen molar-refractivity contribution < 1.29 is 8.42 Å². The Morgan fingerprint density at radius 2 is 1.90 bits per heavy atom. The van der Waals surface area contributed by atoms with Gasteiger partial charge in [0.15, 0.2) is 9.84 Å². The van der Waals surface area contributed by atoms with Gasteiger partial charge in [0.1, 0.15) is 5.65 Å². The highest BCUT2D eigenvalue weighted by molar-refractivity contribution is 9.10. The molecule has 158 valence electrons. The lowest BCUT2D eigenvalue weighted by Gasteiger charge is -2.19. The fourth-order valence-electron chi connectivity index (χ4n) is 3.99. The summed E-state index contributed by atoms with van der Waals surface area (Å²) in [6, 6.07) is 5.02. The number of pyridine rings is 1. The first-order valence-corrected chi connectivity index (χ1v) is 12.5. The predicted octanol–water partition coefficient (Wildman–Crippen LogP) is 4.43. The molecule has 0 atom stereocenters. The summed E-state index contributed by atoms with van der Waals surface area (Å²) in [5.41, 5.74) is 2.86. The smallest absolute Gasteiger partial charge is 0.267 e. The van der Waals surface area contributed by atoms with Gasteiger partial charge in [-0.1, -0.05) is 12.8 Å². The highest BCUT2D eigenvalue weighted by Crippen LogP contribution is 2.33. The van der Waals surface area contributed by atoms with Crippen LogP contribution in [0.3, 0.4) is 0 Å². The number of hydrogen-bond acceptors (Lipinski definition) is 6. The second-order valence-electron chi connectivity index (χ2n) is 7.86. The number of aromatic nitrogens is 3. The van der Waals surface area contributed by atoms with E-state index in [1.165, 1.54) is 6.26 Å². The van der Waals surface area contributed by atoms with Gasteiger partial charge in [-0.05, 0) is 71.9 Å². The highest BCUT2D eigenvalue weighted by Gasteiger charge is 2.24. The van der Waals surface area contributed by atoms with Gasteiger partial charge in [0, 0.05) is 29.6 Å². The van der Waals surface area contributed by atoms with Crippen LogP contribution in [0.15, 0.2) is 38.6 Å². The van der Waals surface area contributed by atoms with Gasteiger partial charge in [-0.2, -0.15) is 4.98 Å². The van der Waals surface area contributed by atoms with Crippen LogP contribution >= 0.6 is 15.9 Å². The number of sulfone groups is 1. The number of rotatable bonds is 4. The first kappa shape index (κ1) is 21.0. The molecule has 9 heteroatoms. The Labute approximate surface area is 183 Å². The van der Waals surface area contributed by atoms with E-state index in [2.05, 4.69) is 26.2 Å². The van der Waals surface area contributed by atoms with Crippen LogP contribution in [-0.4, -0.2) is 29.2 Å². The standard InChI is InChI=1S/C21H23BrN4O3S/c1-12-10-15(30(3,28)29)8-9-17(12)24-21-23-11-16-13(2)18(22)20(27)26(19(16)25-21)14-6-4-5-7-14/h8-11,14H,4-7H2,1-3H3,(H,23,24,25). The zero-order valence-corrected chi connectivity index (χ0v) is 19.5. The Morgan fingerprint density at radius 3 is 2.53 bits per heavy atom. The molecule has 30 heavy (non-hydrogen) atoms. The maximum absolute atomic E-state index is 13.0. The average molecular weight is 491 g/mol. The quantitative estimate of drug-likeness (QED) is 0.580. The summed E-state index contributed by atoms with van der Waals surface area (Å²) in [6.07, 6.45) is 7.05. The number of halogens is 1. The van der Waals surface area contributed by atoms with Crippen molar-refractivity contribution in [1.29, 1.82) is 0 Å². The largest absolute Gasteiger partial charge is 0.324 e. The van der Waals surface area contributed by atoms with Crippen LogP contribution in [0.2, 0.25) is 0 Å². The van der Waals surface area contributed by atoms with Crippen LogP contribution in [0.25, 0.3) is 11.0 Å². The van der Waals surface area contributed by atoms with E-state index in [9.17, 15) is 13.2 Å². The van der Waals surface area contributed by atoms with Crippen molar-refractivity contribution in [2.24, 2.45) is 0 Å². The topological polar surface area (TPSA) is 94.0 Å². The number of benzene rings is 1. The first-order valence-electron chi connectivity index (χ1n) is 9.82. The third-order valence-electron chi connectivity index (χ3n) is 5.70. The van der Waals surface area contributed by atoms with Gasteiger partial charge in [-0.15, -0.1) is 0 Å². The molecule has 3 aromatic rings. The Bertz CT molecular complexity index is 1310. The van der Waals surface area contributed by atoms with Gasteiger partial charge in [0.2, 0.25) is 5.95 Å². The summed E-state index contributed by atoms with van der Waals surface area (Å²) in [6.45, 7) is 3.71. The van der Waals surface area contributed by atoms with Gasteiger partial charge in [0.25, 0.3) is 5.56 Å². The van der Waals surface area contributed by atoms with E-state index in [-0.39, 0.29) is 16.5 Å². The van der Waals surface area contributed by atoms with Gasteiger partial charge >= 0.3 is 0 Å². The average Bonchev–Trinajstić information content (AvgIpc) is 3.21. The number of nitrogens with one attached hydrogen (secondary N) is 1. The fraction of sp³-hybridized carbons (Fsp3) is 0.381. The summed E-state index contributed by atoms with van der Waals surface area (Å²) in [5.74, 6) is 0.366. The van der Waals surface area contributed by atoms with Crippen molar-refractivity contribution >= 4 is 48.4 Å². The number of hydrogen-bond donors (Lipinski definition) is 1. The minimum atomic E-state index is -3.27. The van der Waals surface area contributed by atoms with Crippen molar-refractivity contribution in [1.82, 2.24) is 14.5 Å². The molecule has 7 nitrogen and oxygen atoms in total. The number of aryl methyl sites for hydroxylation is 2. The minimum absolute atomic E-state index is 0.0646. The Balaban J connectivity index is 1.81. The van der Waals surface area contributed by atoms with Crippen molar-refractivity contribution in [3.05, 3.63) is 50.3 Å². The molecule has 2 heterocycles. The second-order valence-corrected chi connectivity index (χ2v) is 10.7. The summed E-state index contributed by atoms with van der Waals surface area (Å²) < 4.78 is 25.9. The first-order chi connectivity index (χ1) is 14.2. The molecule has 0 aliphatic heterocycles. The van der Waals surface area contributed by atoms with Crippen LogP contribution in [-0.2, 0) is 9.84 Å². The summed E-state index contributed by atoms with van der Waals surface area (Å²) >= 11 is 3.45. The molecule has 1 fully saturated rings. The maximum atomic E-state index is 13.0. The van der Waals surface area contributed by atoms with E-state index >= 15 is 0 Å². The normalized spacial score (nSPS) is 15.1. The number of anilines is 2. The van der Waals surface area contributed by atoms with Crippen LogP contribution in [0.4, 0.5) is 11.6 Å². The van der Waals surface area contributed by atoms with E-state index < -0.39 is 9.84 Å². The summed E-state index contributed by atoms with van der Waals surface area (Å²) in [5, 5.41) is 4.01. The lowest BCUT2D eigenvalue weighted by Crippen LogP contribution is -2.26. The van der Waals surface area contributed by atoms with Crippen LogP contribution < -0.4 is 10.9 Å². The van der Waals surface area contributed by atoms with Gasteiger partial charge in [0.05, 0.1) is 9.37 Å². The molecule has 1 aromatic carbocycles. The molecule has 1 aliphatic rings. The number of nitrogens with zero attached hydrogens (tertiary/aromatic N) is 3. The van der Waals surface area contributed by atoms with Gasteiger partial charge < -0.3 is 5.32 Å². The predicted molar refractivity (Wildman–Crippen MR) is 121 cm³/mol. The van der Waals surface area contributed by atoms with Crippen LogP contribution in [0, 0.1) is 13.8 Å². The third-order valence-corrected chi connectivity index (χ3v) is 7.74. The molecule has 1 aliphatic carbocycles. The Morgan fingerprint density at radius 1 is 1.20 bits per heavy atom. The highest BCUT2D eigenvalue weighted by atomic mass is 79.9. The van der Waals surface area contributed by atoms with Crippen LogP contribution in [0.1, 0.15) is 42.9 Å². The van der Waals surface area contributed by atoms with E-state index in [0.717, 1.165) is 42.2 Å². The zero-order valence-electron chi connectivity index (χ0n) is 17.1. The fourth-order valence-corrected chi connectivity index (χ4v) is 5.10. The van der Waals surface area contributed by atoms with E-state index in [4.69, 9.17) is 4.98 Å². The van der Waals surface area contributed by atoms with Crippen molar-refractivity contribution in [2.45, 2.75) is 50.5 Å². The van der Waals surface area contributed by atoms with Gasteiger partial charge in [-0.25, -0.2) is 13.4 Å². The molecule has 0 radical (unpaired) electrons. The summed E-state index contributed by atoms with van der Waals surface area (Å²) in [7, 11) is -3.27. The minimum Gasteiger partial charge on any atom is -0.324 e. The molecular weight excluding hydrogens is 468 g/mol. The lowest BCUT2D eigenvalue weighted by atomic mass is 10.1. The molecule has 0 amide bonds. The van der Waals surface area contributed by atoms with Gasteiger partial charge in [-0.3, -0.25) is 9.36 Å². The zero-order chi connectivity index (χ0) is 21.6. The monoisotopic (exact) mass is 490 g/mol. The Hall–Kier alpha value is -2.26. The number of fused-ring (bicyclic) bond motifs is 1. The van der Waals surface area contributed by atoms with Crippen molar-refractivity contribution in [2.75, 3.05) is 11.6 Å². The second kappa shape index (κ2) is 7.77. The third kappa shape index (κ3) is 3.76. The molecule has 0 bridgehead atoms. The van der Waals surface area contributed by atoms with E-state index in [1.54, 1.807) is 29.0 Å². The summed E-state index contributed by atoms with van der Waals surface area (Å²) in [4.78, 5) is 22.4. The molecule has 0 saturated heterocycles. The van der Waals surface area contributed by atoms with E-state index in [1.807, 2.05) is 13.8 Å². The van der Waals surface area contributed by atoms with Crippen molar-refractivity contribution in [3.63, 3.8) is 0 Å².